The van der Waals surface area contributed by atoms with Crippen LogP contribution in [0.25, 0.3) is 0 Å². The third-order valence-corrected chi connectivity index (χ3v) is 5.16. The molecule has 138 valence electrons. The topological polar surface area (TPSA) is 77.0 Å². The predicted molar refractivity (Wildman–Crippen MR) is 85.5 cm³/mol. The lowest BCUT2D eigenvalue weighted by Crippen LogP contribution is -2.39. The van der Waals surface area contributed by atoms with Crippen molar-refractivity contribution in [2.24, 2.45) is 5.73 Å². The van der Waals surface area contributed by atoms with Crippen LogP contribution >= 0.6 is 0 Å². The van der Waals surface area contributed by atoms with Crippen LogP contribution in [-0.4, -0.2) is 38.2 Å². The van der Waals surface area contributed by atoms with E-state index in [2.05, 4.69) is 14.8 Å². The molecule has 0 saturated carbocycles. The highest BCUT2D eigenvalue weighted by atomic mass is 19.2. The SMILES string of the molecule is Cc1nnc2n1C1CC2N(C(=O)CC(N)Cc2cc(F)c(F)cc2F)C1. The van der Waals surface area contributed by atoms with Crippen molar-refractivity contribution in [1.29, 1.82) is 0 Å². The van der Waals surface area contributed by atoms with E-state index in [0.29, 0.717) is 12.6 Å². The average molecular weight is 365 g/mol. The first-order valence-corrected chi connectivity index (χ1v) is 8.45. The zero-order valence-corrected chi connectivity index (χ0v) is 14.1. The van der Waals surface area contributed by atoms with Gasteiger partial charge in [-0.25, -0.2) is 13.2 Å². The van der Waals surface area contributed by atoms with E-state index in [1.54, 1.807) is 4.90 Å². The number of rotatable bonds is 4. The monoisotopic (exact) mass is 365 g/mol. The van der Waals surface area contributed by atoms with E-state index in [9.17, 15) is 18.0 Å². The molecule has 1 amide bonds. The standard InChI is InChI=1S/C17H18F3N5O/c1-8-22-23-17-15-5-11(25(8)17)7-24(15)16(26)4-10(21)2-9-3-13(19)14(20)6-12(9)18/h3,6,10-11,15H,2,4-5,7,21H2,1H3. The van der Waals surface area contributed by atoms with Gasteiger partial charge in [-0.3, -0.25) is 4.79 Å². The fourth-order valence-electron chi connectivity index (χ4n) is 4.00. The number of halogens is 3. The second kappa shape index (κ2) is 6.08. The number of hydrogen-bond donors (Lipinski definition) is 1. The van der Waals surface area contributed by atoms with Gasteiger partial charge in [-0.2, -0.15) is 0 Å². The van der Waals surface area contributed by atoms with Gasteiger partial charge in [0.2, 0.25) is 5.91 Å². The van der Waals surface area contributed by atoms with Gasteiger partial charge in [0.1, 0.15) is 11.6 Å². The molecule has 1 aromatic heterocycles. The molecule has 3 atom stereocenters. The molecule has 2 aliphatic heterocycles. The van der Waals surface area contributed by atoms with E-state index >= 15 is 0 Å². The lowest BCUT2D eigenvalue weighted by atomic mass is 10.0. The summed E-state index contributed by atoms with van der Waals surface area (Å²) in [6.07, 6.45) is 0.755. The summed E-state index contributed by atoms with van der Waals surface area (Å²) in [6, 6.07) is 0.654. The highest BCUT2D eigenvalue weighted by Crippen LogP contribution is 2.45. The molecule has 0 spiro atoms. The summed E-state index contributed by atoms with van der Waals surface area (Å²) in [5, 5.41) is 8.21. The average Bonchev–Trinajstić information content (AvgIpc) is 3.25. The highest BCUT2D eigenvalue weighted by Gasteiger charge is 2.46. The van der Waals surface area contributed by atoms with Gasteiger partial charge in [-0.05, 0) is 31.4 Å². The third-order valence-electron chi connectivity index (χ3n) is 5.16. The normalized spacial score (nSPS) is 22.0. The third kappa shape index (κ3) is 2.66. The van der Waals surface area contributed by atoms with Crippen LogP contribution in [0.2, 0.25) is 0 Å². The Labute approximate surface area is 147 Å². The van der Waals surface area contributed by atoms with Crippen molar-refractivity contribution in [2.45, 2.75) is 44.3 Å². The van der Waals surface area contributed by atoms with E-state index < -0.39 is 23.5 Å². The van der Waals surface area contributed by atoms with E-state index in [4.69, 9.17) is 5.73 Å². The van der Waals surface area contributed by atoms with Crippen LogP contribution in [0.15, 0.2) is 12.1 Å². The number of benzene rings is 1. The fourth-order valence-corrected chi connectivity index (χ4v) is 4.00. The molecule has 4 rings (SSSR count). The van der Waals surface area contributed by atoms with Crippen molar-refractivity contribution in [1.82, 2.24) is 19.7 Å². The van der Waals surface area contributed by atoms with E-state index in [1.165, 1.54) is 0 Å². The molecule has 3 unspecified atom stereocenters. The first kappa shape index (κ1) is 17.0. The quantitative estimate of drug-likeness (QED) is 0.838. The summed E-state index contributed by atoms with van der Waals surface area (Å²) in [5.74, 6) is -1.78. The van der Waals surface area contributed by atoms with Crippen LogP contribution in [0.1, 0.15) is 42.1 Å². The first-order chi connectivity index (χ1) is 12.3. The molecule has 1 saturated heterocycles. The van der Waals surface area contributed by atoms with Crippen LogP contribution in [-0.2, 0) is 11.2 Å². The summed E-state index contributed by atoms with van der Waals surface area (Å²) in [6.45, 7) is 2.46. The molecule has 1 fully saturated rings. The Morgan fingerprint density at radius 2 is 2.00 bits per heavy atom. The minimum atomic E-state index is -1.25. The Hall–Kier alpha value is -2.42. The molecule has 3 heterocycles. The van der Waals surface area contributed by atoms with E-state index in [1.807, 2.05) is 6.92 Å². The predicted octanol–water partition coefficient (Wildman–Crippen LogP) is 1.79. The van der Waals surface area contributed by atoms with Crippen LogP contribution in [0, 0.1) is 24.4 Å². The number of nitrogens with zero attached hydrogens (tertiary/aromatic N) is 4. The van der Waals surface area contributed by atoms with E-state index in [-0.39, 0.29) is 36.4 Å². The minimum Gasteiger partial charge on any atom is -0.330 e. The lowest BCUT2D eigenvalue weighted by molar-refractivity contribution is -0.133. The number of aryl methyl sites for hydroxylation is 1. The Bertz CT molecular complexity index is 884. The van der Waals surface area contributed by atoms with Crippen molar-refractivity contribution in [3.63, 3.8) is 0 Å². The Balaban J connectivity index is 1.42. The summed E-state index contributed by atoms with van der Waals surface area (Å²) in [5.41, 5.74) is 5.93. The molecule has 2 aromatic rings. The van der Waals surface area contributed by atoms with Crippen LogP contribution in [0.4, 0.5) is 13.2 Å². The maximum absolute atomic E-state index is 13.7. The van der Waals surface area contributed by atoms with Crippen LogP contribution in [0.3, 0.4) is 0 Å². The molecule has 2 aliphatic rings. The van der Waals surface area contributed by atoms with Crippen molar-refractivity contribution >= 4 is 5.91 Å². The van der Waals surface area contributed by atoms with Gasteiger partial charge in [0.05, 0.1) is 12.1 Å². The Morgan fingerprint density at radius 3 is 2.77 bits per heavy atom. The maximum atomic E-state index is 13.7. The van der Waals surface area contributed by atoms with Gasteiger partial charge in [-0.15, -0.1) is 10.2 Å². The van der Waals surface area contributed by atoms with Crippen LogP contribution in [0.5, 0.6) is 0 Å². The van der Waals surface area contributed by atoms with Crippen molar-refractivity contribution in [3.8, 4) is 0 Å². The lowest BCUT2D eigenvalue weighted by Gasteiger charge is -2.28. The number of fused-ring (bicyclic) bond motifs is 5. The number of carbonyl (C=O) groups excluding carboxylic acids is 1. The zero-order valence-electron chi connectivity index (χ0n) is 14.1. The molecule has 0 aliphatic carbocycles. The van der Waals surface area contributed by atoms with Gasteiger partial charge < -0.3 is 15.2 Å². The second-order valence-electron chi connectivity index (χ2n) is 6.95. The number of aromatic nitrogens is 3. The molecule has 9 heteroatoms. The molecular weight excluding hydrogens is 347 g/mol. The Morgan fingerprint density at radius 1 is 1.27 bits per heavy atom. The summed E-state index contributed by atoms with van der Waals surface area (Å²) >= 11 is 0. The molecule has 0 radical (unpaired) electrons. The van der Waals surface area contributed by atoms with Crippen molar-refractivity contribution in [3.05, 3.63) is 46.8 Å². The number of carbonyl (C=O) groups is 1. The van der Waals surface area contributed by atoms with E-state index in [0.717, 1.165) is 24.1 Å². The number of amides is 1. The Kier molecular flexibility index (Phi) is 3.98. The molecule has 26 heavy (non-hydrogen) atoms. The maximum Gasteiger partial charge on any atom is 0.224 e. The zero-order chi connectivity index (χ0) is 18.6. The fraction of sp³-hybridized carbons (Fsp3) is 0.471. The largest absolute Gasteiger partial charge is 0.330 e. The van der Waals surface area contributed by atoms with Gasteiger partial charge in [-0.1, -0.05) is 0 Å². The number of likely N-dealkylation sites (tertiary alicyclic amines) is 1. The van der Waals surface area contributed by atoms with Gasteiger partial charge in [0.25, 0.3) is 0 Å². The molecule has 6 nitrogen and oxygen atoms in total. The summed E-state index contributed by atoms with van der Waals surface area (Å²) in [4.78, 5) is 14.4. The second-order valence-corrected chi connectivity index (χ2v) is 6.95. The molecular formula is C17H18F3N5O. The smallest absolute Gasteiger partial charge is 0.224 e. The minimum absolute atomic E-state index is 0.00518. The molecule has 1 aromatic carbocycles. The summed E-state index contributed by atoms with van der Waals surface area (Å²) in [7, 11) is 0. The van der Waals surface area contributed by atoms with Crippen molar-refractivity contribution < 1.29 is 18.0 Å². The molecule has 2 bridgehead atoms. The van der Waals surface area contributed by atoms with Gasteiger partial charge >= 0.3 is 0 Å². The first-order valence-electron chi connectivity index (χ1n) is 8.45. The van der Waals surface area contributed by atoms with Crippen molar-refractivity contribution in [2.75, 3.05) is 6.54 Å². The number of nitrogens with two attached hydrogens (primary N) is 1. The number of hydrogen-bond acceptors (Lipinski definition) is 4. The van der Waals surface area contributed by atoms with Crippen LogP contribution < -0.4 is 5.73 Å². The highest BCUT2D eigenvalue weighted by molar-refractivity contribution is 5.78. The van der Waals surface area contributed by atoms with Gasteiger partial charge in [0.15, 0.2) is 17.5 Å². The van der Waals surface area contributed by atoms with Gasteiger partial charge in [0, 0.05) is 25.1 Å². The summed E-state index contributed by atoms with van der Waals surface area (Å²) < 4.78 is 42.1. The molecule has 2 N–H and O–H groups in total.